The minimum atomic E-state index is -4.66. The van der Waals surface area contributed by atoms with Gasteiger partial charge in [0.15, 0.2) is 4.96 Å². The van der Waals surface area contributed by atoms with E-state index in [0.29, 0.717) is 24.8 Å². The highest BCUT2D eigenvalue weighted by Crippen LogP contribution is 2.36. The first-order chi connectivity index (χ1) is 14.2. The van der Waals surface area contributed by atoms with Gasteiger partial charge in [0.25, 0.3) is 5.69 Å². The molecule has 4 rings (SSSR count). The van der Waals surface area contributed by atoms with Crippen molar-refractivity contribution in [3.05, 3.63) is 57.3 Å². The van der Waals surface area contributed by atoms with Gasteiger partial charge < -0.3 is 9.80 Å². The van der Waals surface area contributed by atoms with Crippen LogP contribution in [0.3, 0.4) is 0 Å². The number of hydrogen-bond acceptors (Lipinski definition) is 6. The number of nitro groups is 1. The Bertz CT molecular complexity index is 1070. The molecular formula is C18H16F3N5O3S. The number of nitrogens with zero attached hydrogens (tertiary/aromatic N) is 5. The van der Waals surface area contributed by atoms with Crippen LogP contribution in [0.2, 0.25) is 0 Å². The maximum absolute atomic E-state index is 12.9. The molecular weight excluding hydrogens is 423 g/mol. The number of alkyl halides is 3. The van der Waals surface area contributed by atoms with Crippen molar-refractivity contribution in [3.63, 3.8) is 0 Å². The minimum absolute atomic E-state index is 0.109. The monoisotopic (exact) mass is 439 g/mol. The third kappa shape index (κ3) is 3.95. The van der Waals surface area contributed by atoms with E-state index in [1.807, 2.05) is 16.0 Å². The zero-order valence-corrected chi connectivity index (χ0v) is 16.3. The average molecular weight is 439 g/mol. The van der Waals surface area contributed by atoms with Crippen molar-refractivity contribution in [1.29, 1.82) is 0 Å². The lowest BCUT2D eigenvalue weighted by Gasteiger charge is -2.35. The first-order valence-corrected chi connectivity index (χ1v) is 9.90. The highest BCUT2D eigenvalue weighted by atomic mass is 32.1. The number of halogens is 3. The number of carbonyl (C=O) groups excluding carboxylic acids is 1. The standard InChI is InChI=1S/C18H16F3N5O3S/c19-18(20,21)12-1-2-14(15(9-12)26(28)29)23-3-5-24(6-4-23)16(27)10-13-11-25-7-8-30-17(25)22-13/h1-2,7-9,11H,3-6,10H2. The molecule has 1 saturated heterocycles. The Labute approximate surface area is 172 Å². The molecule has 0 unspecified atom stereocenters. The smallest absolute Gasteiger partial charge is 0.362 e. The predicted molar refractivity (Wildman–Crippen MR) is 104 cm³/mol. The quantitative estimate of drug-likeness (QED) is 0.461. The van der Waals surface area contributed by atoms with E-state index in [9.17, 15) is 28.1 Å². The van der Waals surface area contributed by atoms with Crippen molar-refractivity contribution in [3.8, 4) is 0 Å². The van der Waals surface area contributed by atoms with Crippen LogP contribution in [-0.4, -0.2) is 51.3 Å². The topological polar surface area (TPSA) is 84.0 Å². The lowest BCUT2D eigenvalue weighted by atomic mass is 10.1. The van der Waals surface area contributed by atoms with Gasteiger partial charge in [-0.1, -0.05) is 0 Å². The minimum Gasteiger partial charge on any atom is -0.362 e. The number of rotatable bonds is 4. The molecule has 1 aliphatic heterocycles. The lowest BCUT2D eigenvalue weighted by Crippen LogP contribution is -2.49. The molecule has 3 aromatic rings. The van der Waals surface area contributed by atoms with E-state index in [2.05, 4.69) is 4.98 Å². The van der Waals surface area contributed by atoms with Crippen LogP contribution in [0.15, 0.2) is 36.0 Å². The van der Waals surface area contributed by atoms with Gasteiger partial charge in [0.1, 0.15) is 5.69 Å². The molecule has 158 valence electrons. The molecule has 1 fully saturated rings. The fourth-order valence-electron chi connectivity index (χ4n) is 3.44. The first-order valence-electron chi connectivity index (χ1n) is 9.02. The highest BCUT2D eigenvalue weighted by Gasteiger charge is 2.34. The lowest BCUT2D eigenvalue weighted by molar-refractivity contribution is -0.384. The molecule has 1 amide bonds. The Hall–Kier alpha value is -3.15. The van der Waals surface area contributed by atoms with Gasteiger partial charge in [-0.25, -0.2) is 4.98 Å². The number of aromatic nitrogens is 2. The maximum atomic E-state index is 12.9. The number of benzene rings is 1. The summed E-state index contributed by atoms with van der Waals surface area (Å²) in [6.07, 6.45) is -0.854. The fraction of sp³-hybridized carbons (Fsp3) is 0.333. The Morgan fingerprint density at radius 2 is 1.97 bits per heavy atom. The van der Waals surface area contributed by atoms with Gasteiger partial charge in [-0.3, -0.25) is 19.3 Å². The Balaban J connectivity index is 1.43. The van der Waals surface area contributed by atoms with E-state index in [-0.39, 0.29) is 31.1 Å². The van der Waals surface area contributed by atoms with Crippen molar-refractivity contribution in [1.82, 2.24) is 14.3 Å². The van der Waals surface area contributed by atoms with Gasteiger partial charge >= 0.3 is 6.18 Å². The van der Waals surface area contributed by atoms with Gasteiger partial charge in [-0.15, -0.1) is 11.3 Å². The zero-order valence-electron chi connectivity index (χ0n) is 15.5. The van der Waals surface area contributed by atoms with Crippen LogP contribution < -0.4 is 4.90 Å². The summed E-state index contributed by atoms with van der Waals surface area (Å²) < 4.78 is 40.5. The van der Waals surface area contributed by atoms with Crippen LogP contribution in [0.1, 0.15) is 11.3 Å². The van der Waals surface area contributed by atoms with Gasteiger partial charge in [0, 0.05) is 50.0 Å². The molecule has 0 bridgehead atoms. The summed E-state index contributed by atoms with van der Waals surface area (Å²) in [5, 5.41) is 13.2. The second kappa shape index (κ2) is 7.59. The molecule has 0 N–H and O–H groups in total. The number of imidazole rings is 1. The molecule has 2 aromatic heterocycles. The fourth-order valence-corrected chi connectivity index (χ4v) is 4.16. The highest BCUT2D eigenvalue weighted by molar-refractivity contribution is 7.15. The van der Waals surface area contributed by atoms with Gasteiger partial charge in [0.2, 0.25) is 5.91 Å². The predicted octanol–water partition coefficient (Wildman–Crippen LogP) is 3.21. The van der Waals surface area contributed by atoms with Crippen LogP contribution in [0.5, 0.6) is 0 Å². The summed E-state index contributed by atoms with van der Waals surface area (Å²) in [5.74, 6) is -0.109. The third-order valence-corrected chi connectivity index (χ3v) is 5.72. The number of amides is 1. The molecule has 0 aliphatic carbocycles. The van der Waals surface area contributed by atoms with E-state index in [4.69, 9.17) is 0 Å². The van der Waals surface area contributed by atoms with Crippen molar-refractivity contribution < 1.29 is 22.9 Å². The van der Waals surface area contributed by atoms with Crippen LogP contribution >= 0.6 is 11.3 Å². The molecule has 0 radical (unpaired) electrons. The van der Waals surface area contributed by atoms with Gasteiger partial charge in [-0.05, 0) is 12.1 Å². The van der Waals surface area contributed by atoms with E-state index < -0.39 is 22.4 Å². The summed E-state index contributed by atoms with van der Waals surface area (Å²) in [4.78, 5) is 31.5. The van der Waals surface area contributed by atoms with Gasteiger partial charge in [0.05, 0.1) is 22.6 Å². The number of hydrogen-bond donors (Lipinski definition) is 0. The number of carbonyl (C=O) groups is 1. The van der Waals surface area contributed by atoms with Crippen LogP contribution in [0.4, 0.5) is 24.5 Å². The average Bonchev–Trinajstić information content (AvgIpc) is 3.28. The first kappa shape index (κ1) is 20.1. The summed E-state index contributed by atoms with van der Waals surface area (Å²) in [6.45, 7) is 1.21. The van der Waals surface area contributed by atoms with E-state index >= 15 is 0 Å². The second-order valence-corrected chi connectivity index (χ2v) is 7.70. The van der Waals surface area contributed by atoms with Crippen molar-refractivity contribution in [2.75, 3.05) is 31.1 Å². The SMILES string of the molecule is O=C(Cc1cn2ccsc2n1)N1CCN(c2ccc(C(F)(F)F)cc2[N+](=O)[O-])CC1. The number of fused-ring (bicyclic) bond motifs is 1. The van der Waals surface area contributed by atoms with Crippen LogP contribution in [-0.2, 0) is 17.4 Å². The summed E-state index contributed by atoms with van der Waals surface area (Å²) in [5.41, 5.74) is -0.878. The number of anilines is 1. The number of piperazine rings is 1. The molecule has 30 heavy (non-hydrogen) atoms. The summed E-state index contributed by atoms with van der Waals surface area (Å²) in [7, 11) is 0. The summed E-state index contributed by atoms with van der Waals surface area (Å²) in [6, 6.07) is 2.51. The van der Waals surface area contributed by atoms with Crippen molar-refractivity contribution in [2.45, 2.75) is 12.6 Å². The normalized spacial score (nSPS) is 15.0. The number of nitro benzene ring substituents is 1. The van der Waals surface area contributed by atoms with Gasteiger partial charge in [-0.2, -0.15) is 13.2 Å². The van der Waals surface area contributed by atoms with Crippen molar-refractivity contribution >= 4 is 33.6 Å². The second-order valence-electron chi connectivity index (χ2n) is 6.83. The van der Waals surface area contributed by atoms with Crippen LogP contribution in [0.25, 0.3) is 4.96 Å². The van der Waals surface area contributed by atoms with E-state index in [1.54, 1.807) is 16.0 Å². The van der Waals surface area contributed by atoms with Crippen molar-refractivity contribution in [2.24, 2.45) is 0 Å². The third-order valence-electron chi connectivity index (χ3n) is 4.95. The Morgan fingerprint density at radius 1 is 1.23 bits per heavy atom. The molecule has 8 nitrogen and oxygen atoms in total. The largest absolute Gasteiger partial charge is 0.416 e. The maximum Gasteiger partial charge on any atom is 0.416 e. The molecule has 3 heterocycles. The van der Waals surface area contributed by atoms with E-state index in [0.717, 1.165) is 17.1 Å². The molecule has 0 atom stereocenters. The molecule has 1 aliphatic rings. The molecule has 1 aromatic carbocycles. The molecule has 0 spiro atoms. The number of thiazole rings is 1. The Morgan fingerprint density at radius 3 is 2.60 bits per heavy atom. The van der Waals surface area contributed by atoms with E-state index in [1.165, 1.54) is 11.3 Å². The zero-order chi connectivity index (χ0) is 21.5. The summed E-state index contributed by atoms with van der Waals surface area (Å²) >= 11 is 1.47. The Kier molecular flexibility index (Phi) is 5.10. The molecule has 0 saturated carbocycles. The van der Waals surface area contributed by atoms with Crippen LogP contribution in [0, 0.1) is 10.1 Å². The molecule has 12 heteroatoms.